The highest BCUT2D eigenvalue weighted by molar-refractivity contribution is 9.11. The highest BCUT2D eigenvalue weighted by Gasteiger charge is 2.31. The second-order valence-corrected chi connectivity index (χ2v) is 5.56. The van der Waals surface area contributed by atoms with Gasteiger partial charge in [-0.1, -0.05) is 11.6 Å². The number of ketones is 1. The molecule has 1 aromatic carbocycles. The number of amides is 1. The molecule has 1 saturated heterocycles. The van der Waals surface area contributed by atoms with E-state index in [2.05, 4.69) is 31.9 Å². The SMILES string of the molecule is O=C1CC(=O)N(c2c(Br)cc(Cl)cc2Br)C1. The van der Waals surface area contributed by atoms with Gasteiger partial charge in [-0.3, -0.25) is 9.59 Å². The topological polar surface area (TPSA) is 37.4 Å². The fourth-order valence-corrected chi connectivity index (χ4v) is 3.68. The lowest BCUT2D eigenvalue weighted by Crippen LogP contribution is -2.25. The lowest BCUT2D eigenvalue weighted by Gasteiger charge is -2.18. The molecule has 1 fully saturated rings. The van der Waals surface area contributed by atoms with Gasteiger partial charge < -0.3 is 4.90 Å². The van der Waals surface area contributed by atoms with Crippen molar-refractivity contribution in [3.63, 3.8) is 0 Å². The maximum Gasteiger partial charge on any atom is 0.234 e. The molecule has 0 aromatic heterocycles. The largest absolute Gasteiger partial charge is 0.302 e. The van der Waals surface area contributed by atoms with Crippen molar-refractivity contribution in [2.45, 2.75) is 6.42 Å². The van der Waals surface area contributed by atoms with Crippen LogP contribution in [-0.4, -0.2) is 18.2 Å². The molecule has 1 aliphatic heterocycles. The van der Waals surface area contributed by atoms with Gasteiger partial charge in [0.2, 0.25) is 5.91 Å². The van der Waals surface area contributed by atoms with Crippen LogP contribution >= 0.6 is 43.5 Å². The molecule has 1 aromatic rings. The van der Waals surface area contributed by atoms with Crippen LogP contribution in [0, 0.1) is 0 Å². The minimum absolute atomic E-state index is 0.0263. The van der Waals surface area contributed by atoms with E-state index >= 15 is 0 Å². The zero-order valence-electron chi connectivity index (χ0n) is 7.97. The first kappa shape index (κ1) is 12.1. The average Bonchev–Trinajstić information content (AvgIpc) is 2.43. The summed E-state index contributed by atoms with van der Waals surface area (Å²) in [6, 6.07) is 3.38. The molecule has 0 aliphatic carbocycles. The molecule has 3 nitrogen and oxygen atoms in total. The number of benzene rings is 1. The Morgan fingerprint density at radius 3 is 2.19 bits per heavy atom. The predicted molar refractivity (Wildman–Crippen MR) is 68.8 cm³/mol. The molecule has 2 rings (SSSR count). The molecule has 0 atom stereocenters. The van der Waals surface area contributed by atoms with Gasteiger partial charge in [-0.05, 0) is 44.0 Å². The molecule has 1 amide bonds. The summed E-state index contributed by atoms with van der Waals surface area (Å²) in [7, 11) is 0. The first-order chi connectivity index (χ1) is 7.49. The highest BCUT2D eigenvalue weighted by atomic mass is 79.9. The van der Waals surface area contributed by atoms with Gasteiger partial charge in [-0.25, -0.2) is 0 Å². The number of hydrogen-bond donors (Lipinski definition) is 0. The van der Waals surface area contributed by atoms with Gasteiger partial charge in [-0.2, -0.15) is 0 Å². The molecule has 0 unspecified atom stereocenters. The van der Waals surface area contributed by atoms with Gasteiger partial charge in [0.25, 0.3) is 0 Å². The van der Waals surface area contributed by atoms with Crippen molar-refractivity contribution < 1.29 is 9.59 Å². The maximum atomic E-state index is 11.6. The predicted octanol–water partition coefficient (Wildman–Crippen LogP) is 3.17. The van der Waals surface area contributed by atoms with Gasteiger partial charge >= 0.3 is 0 Å². The molecule has 0 N–H and O–H groups in total. The van der Waals surface area contributed by atoms with Crippen molar-refractivity contribution in [3.05, 3.63) is 26.1 Å². The van der Waals surface area contributed by atoms with E-state index in [1.54, 1.807) is 12.1 Å². The van der Waals surface area contributed by atoms with Crippen molar-refractivity contribution in [2.24, 2.45) is 0 Å². The van der Waals surface area contributed by atoms with E-state index in [-0.39, 0.29) is 24.7 Å². The van der Waals surface area contributed by atoms with Crippen LogP contribution in [0.3, 0.4) is 0 Å². The summed E-state index contributed by atoms with van der Waals surface area (Å²) >= 11 is 12.5. The van der Waals surface area contributed by atoms with Crippen LogP contribution in [0.4, 0.5) is 5.69 Å². The van der Waals surface area contributed by atoms with Crippen LogP contribution in [0.25, 0.3) is 0 Å². The fraction of sp³-hybridized carbons (Fsp3) is 0.200. The molecule has 16 heavy (non-hydrogen) atoms. The lowest BCUT2D eigenvalue weighted by atomic mass is 10.3. The molecule has 0 saturated carbocycles. The maximum absolute atomic E-state index is 11.6. The number of anilines is 1. The zero-order valence-corrected chi connectivity index (χ0v) is 11.9. The number of carbonyl (C=O) groups is 2. The van der Waals surface area contributed by atoms with E-state index in [1.165, 1.54) is 4.90 Å². The average molecular weight is 367 g/mol. The second-order valence-electron chi connectivity index (χ2n) is 3.41. The molecule has 6 heteroatoms. The minimum atomic E-state index is -0.186. The smallest absolute Gasteiger partial charge is 0.234 e. The Balaban J connectivity index is 2.48. The third-order valence-electron chi connectivity index (χ3n) is 2.24. The van der Waals surface area contributed by atoms with E-state index in [4.69, 9.17) is 11.6 Å². The Labute approximate surface area is 114 Å². The Bertz CT molecular complexity index is 467. The van der Waals surface area contributed by atoms with E-state index in [1.807, 2.05) is 0 Å². The van der Waals surface area contributed by atoms with E-state index in [0.717, 1.165) is 0 Å². The monoisotopic (exact) mass is 365 g/mol. The van der Waals surface area contributed by atoms with Gasteiger partial charge in [0.05, 0.1) is 18.7 Å². The number of rotatable bonds is 1. The molecule has 1 heterocycles. The number of Topliss-reactive ketones (excluding diaryl/α,β-unsaturated/α-hetero) is 1. The Hall–Kier alpha value is -0.390. The van der Waals surface area contributed by atoms with Gasteiger partial charge in [0.1, 0.15) is 0 Å². The molecule has 0 bridgehead atoms. The lowest BCUT2D eigenvalue weighted by molar-refractivity contribution is -0.121. The summed E-state index contributed by atoms with van der Waals surface area (Å²) in [6.07, 6.45) is -0.0263. The Kier molecular flexibility index (Phi) is 3.37. The van der Waals surface area contributed by atoms with Crippen LogP contribution in [0.15, 0.2) is 21.1 Å². The van der Waals surface area contributed by atoms with Crippen molar-refractivity contribution in [1.29, 1.82) is 0 Å². The quantitative estimate of drug-likeness (QED) is 0.715. The fourth-order valence-electron chi connectivity index (χ4n) is 1.58. The highest BCUT2D eigenvalue weighted by Crippen LogP contribution is 2.38. The standard InChI is InChI=1S/C10H6Br2ClNO2/c11-7-1-5(13)2-8(12)10(7)14-4-6(15)3-9(14)16/h1-2H,3-4H2. The number of carbonyl (C=O) groups excluding carboxylic acids is 2. The van der Waals surface area contributed by atoms with Crippen LogP contribution in [0.1, 0.15) is 6.42 Å². The summed E-state index contributed by atoms with van der Waals surface area (Å²) < 4.78 is 1.38. The van der Waals surface area contributed by atoms with Crippen molar-refractivity contribution >= 4 is 60.8 Å². The molecule has 0 radical (unpaired) electrons. The second kappa shape index (κ2) is 4.47. The van der Waals surface area contributed by atoms with E-state index in [0.29, 0.717) is 19.7 Å². The molecule has 84 valence electrons. The summed E-state index contributed by atoms with van der Waals surface area (Å²) in [4.78, 5) is 24.3. The van der Waals surface area contributed by atoms with Gasteiger partial charge in [0.15, 0.2) is 5.78 Å². The molecule has 0 spiro atoms. The first-order valence-corrected chi connectivity index (χ1v) is 6.42. The Morgan fingerprint density at radius 2 is 1.75 bits per heavy atom. The number of halogens is 3. The first-order valence-electron chi connectivity index (χ1n) is 4.45. The van der Waals surface area contributed by atoms with Crippen LogP contribution < -0.4 is 4.90 Å². The number of nitrogens with zero attached hydrogens (tertiary/aromatic N) is 1. The minimum Gasteiger partial charge on any atom is -0.302 e. The molecular weight excluding hydrogens is 361 g/mol. The van der Waals surface area contributed by atoms with Crippen molar-refractivity contribution in [1.82, 2.24) is 0 Å². The summed E-state index contributed by atoms with van der Waals surface area (Å²) in [6.45, 7) is 0.123. The summed E-state index contributed by atoms with van der Waals surface area (Å²) in [5.74, 6) is -0.257. The zero-order chi connectivity index (χ0) is 11.9. The van der Waals surface area contributed by atoms with Crippen LogP contribution in [0.5, 0.6) is 0 Å². The van der Waals surface area contributed by atoms with Crippen molar-refractivity contribution in [3.8, 4) is 0 Å². The van der Waals surface area contributed by atoms with Gasteiger partial charge in [0, 0.05) is 14.0 Å². The van der Waals surface area contributed by atoms with Gasteiger partial charge in [-0.15, -0.1) is 0 Å². The number of hydrogen-bond acceptors (Lipinski definition) is 2. The Morgan fingerprint density at radius 1 is 1.19 bits per heavy atom. The normalized spacial score (nSPS) is 16.1. The van der Waals surface area contributed by atoms with Crippen LogP contribution in [-0.2, 0) is 9.59 Å². The summed E-state index contributed by atoms with van der Waals surface area (Å²) in [5.41, 5.74) is 0.653. The summed E-state index contributed by atoms with van der Waals surface area (Å²) in [5, 5.41) is 0.556. The van der Waals surface area contributed by atoms with Crippen molar-refractivity contribution in [2.75, 3.05) is 11.4 Å². The van der Waals surface area contributed by atoms with Crippen LogP contribution in [0.2, 0.25) is 5.02 Å². The third kappa shape index (κ3) is 2.17. The molecule has 1 aliphatic rings. The third-order valence-corrected chi connectivity index (χ3v) is 3.66. The van der Waals surface area contributed by atoms with E-state index < -0.39 is 0 Å². The molecular formula is C10H6Br2ClNO2. The van der Waals surface area contributed by atoms with E-state index in [9.17, 15) is 9.59 Å².